The number of hydrogen-bond acceptors (Lipinski definition) is 5. The topological polar surface area (TPSA) is 76.7 Å². The number of aromatic nitrogens is 5. The van der Waals surface area contributed by atoms with Gasteiger partial charge in [-0.25, -0.2) is 9.97 Å². The summed E-state index contributed by atoms with van der Waals surface area (Å²) >= 11 is 0. The van der Waals surface area contributed by atoms with E-state index in [0.717, 1.165) is 82.0 Å². The Kier molecular flexibility index (Phi) is 5.15. The van der Waals surface area contributed by atoms with E-state index < -0.39 is 0 Å². The Morgan fingerprint density at radius 1 is 0.694 bits per heavy atom. The molecule has 2 aliphatic heterocycles. The fourth-order valence-corrected chi connectivity index (χ4v) is 5.96. The number of H-pyrrole nitrogens is 2. The van der Waals surface area contributed by atoms with Crippen LogP contribution in [0.15, 0.2) is 54.7 Å². The highest BCUT2D eigenvalue weighted by molar-refractivity contribution is 5.83. The summed E-state index contributed by atoms with van der Waals surface area (Å²) < 4.78 is 0. The van der Waals surface area contributed by atoms with Crippen molar-refractivity contribution in [2.45, 2.75) is 37.8 Å². The summed E-state index contributed by atoms with van der Waals surface area (Å²) in [6.45, 7) is 2.27. The van der Waals surface area contributed by atoms with Crippen LogP contribution in [-0.2, 0) is 0 Å². The SMILES string of the molecule is CN1CCCC1c1nc2ccc(-c3ccc(-c4ccc5nc(C6CCCN6C)[nH]c5c4)nc3)cc2[nH]1. The molecule has 2 aromatic carbocycles. The number of nitrogens with zero attached hydrogens (tertiary/aromatic N) is 5. The highest BCUT2D eigenvalue weighted by Crippen LogP contribution is 2.33. The van der Waals surface area contributed by atoms with E-state index in [1.165, 1.54) is 12.8 Å². The number of nitrogens with one attached hydrogen (secondary N) is 2. The van der Waals surface area contributed by atoms with Crippen LogP contribution < -0.4 is 0 Å². The Balaban J connectivity index is 1.15. The maximum absolute atomic E-state index is 4.87. The zero-order valence-corrected chi connectivity index (χ0v) is 20.8. The number of imidazole rings is 2. The summed E-state index contributed by atoms with van der Waals surface area (Å²) in [4.78, 5) is 26.4. The van der Waals surface area contributed by atoms with E-state index in [9.17, 15) is 0 Å². The molecule has 0 amide bonds. The zero-order chi connectivity index (χ0) is 24.2. The zero-order valence-electron chi connectivity index (χ0n) is 20.8. The van der Waals surface area contributed by atoms with Crippen molar-refractivity contribution >= 4 is 22.1 Å². The fourth-order valence-electron chi connectivity index (χ4n) is 5.96. The lowest BCUT2D eigenvalue weighted by atomic mass is 10.0. The molecule has 2 atom stereocenters. The molecule has 36 heavy (non-hydrogen) atoms. The van der Waals surface area contributed by atoms with Crippen LogP contribution in [-0.4, -0.2) is 61.9 Å². The van der Waals surface area contributed by atoms with Gasteiger partial charge in [-0.2, -0.15) is 0 Å². The average molecular weight is 478 g/mol. The summed E-state index contributed by atoms with van der Waals surface area (Å²) in [6, 6.07) is 17.9. The molecule has 2 unspecified atom stereocenters. The maximum atomic E-state index is 4.87. The maximum Gasteiger partial charge on any atom is 0.124 e. The van der Waals surface area contributed by atoms with E-state index in [1.807, 2.05) is 6.20 Å². The van der Waals surface area contributed by atoms with E-state index in [4.69, 9.17) is 15.0 Å². The van der Waals surface area contributed by atoms with Gasteiger partial charge in [0.15, 0.2) is 0 Å². The second-order valence-corrected chi connectivity index (χ2v) is 10.4. The third-order valence-electron chi connectivity index (χ3n) is 8.07. The summed E-state index contributed by atoms with van der Waals surface area (Å²) in [5, 5.41) is 0. The van der Waals surface area contributed by atoms with Crippen molar-refractivity contribution in [1.82, 2.24) is 34.7 Å². The van der Waals surface area contributed by atoms with Crippen molar-refractivity contribution in [3.05, 3.63) is 66.4 Å². The molecule has 5 heterocycles. The first-order valence-electron chi connectivity index (χ1n) is 13.0. The Hall–Kier alpha value is -3.55. The third-order valence-corrected chi connectivity index (χ3v) is 8.07. The largest absolute Gasteiger partial charge is 0.341 e. The van der Waals surface area contributed by atoms with Crippen LogP contribution in [0.2, 0.25) is 0 Å². The van der Waals surface area contributed by atoms with E-state index in [0.29, 0.717) is 12.1 Å². The number of aromatic amines is 2. The van der Waals surface area contributed by atoms with E-state index >= 15 is 0 Å². The van der Waals surface area contributed by atoms with Gasteiger partial charge in [-0.3, -0.25) is 14.8 Å². The predicted octanol–water partition coefficient (Wildman–Crippen LogP) is 5.70. The summed E-state index contributed by atoms with van der Waals surface area (Å²) in [5.41, 5.74) is 8.50. The van der Waals surface area contributed by atoms with Crippen molar-refractivity contribution in [2.24, 2.45) is 0 Å². The van der Waals surface area contributed by atoms with Crippen LogP contribution in [0.25, 0.3) is 44.5 Å². The van der Waals surface area contributed by atoms with Crippen LogP contribution in [0.4, 0.5) is 0 Å². The Morgan fingerprint density at radius 3 is 1.78 bits per heavy atom. The van der Waals surface area contributed by atoms with Gasteiger partial charge in [0, 0.05) is 17.3 Å². The van der Waals surface area contributed by atoms with Gasteiger partial charge in [0.25, 0.3) is 0 Å². The van der Waals surface area contributed by atoms with Gasteiger partial charge >= 0.3 is 0 Å². The molecule has 2 aliphatic rings. The lowest BCUT2D eigenvalue weighted by molar-refractivity contribution is 0.307. The molecule has 2 N–H and O–H groups in total. The van der Waals surface area contributed by atoms with Gasteiger partial charge in [-0.1, -0.05) is 18.2 Å². The number of likely N-dealkylation sites (tertiary alicyclic amines) is 2. The molecule has 7 nitrogen and oxygen atoms in total. The molecule has 0 spiro atoms. The average Bonchev–Trinajstić information content (AvgIpc) is 3.68. The second-order valence-electron chi connectivity index (χ2n) is 10.4. The van der Waals surface area contributed by atoms with E-state index in [1.54, 1.807) is 0 Å². The number of rotatable bonds is 4. The van der Waals surface area contributed by atoms with Crippen molar-refractivity contribution in [1.29, 1.82) is 0 Å². The van der Waals surface area contributed by atoms with Gasteiger partial charge in [0.1, 0.15) is 11.6 Å². The fraction of sp³-hybridized carbons (Fsp3) is 0.345. The molecule has 5 aromatic rings. The van der Waals surface area contributed by atoms with Crippen LogP contribution >= 0.6 is 0 Å². The monoisotopic (exact) mass is 477 g/mol. The van der Waals surface area contributed by atoms with Crippen LogP contribution in [0.3, 0.4) is 0 Å². The molecule has 0 bridgehead atoms. The van der Waals surface area contributed by atoms with Crippen molar-refractivity contribution in [3.63, 3.8) is 0 Å². The normalized spacial score (nSPS) is 21.3. The smallest absolute Gasteiger partial charge is 0.124 e. The first-order chi connectivity index (χ1) is 17.6. The Bertz CT molecular complexity index is 1430. The lowest BCUT2D eigenvalue weighted by Crippen LogP contribution is -2.18. The number of benzene rings is 2. The van der Waals surface area contributed by atoms with Gasteiger partial charge in [0.05, 0.1) is 39.8 Å². The molecule has 7 heteroatoms. The number of hydrogen-bond donors (Lipinski definition) is 2. The van der Waals surface area contributed by atoms with Gasteiger partial charge in [-0.05, 0) is 88.8 Å². The molecular weight excluding hydrogens is 446 g/mol. The molecule has 2 fully saturated rings. The quantitative estimate of drug-likeness (QED) is 0.347. The first-order valence-corrected chi connectivity index (χ1v) is 13.0. The summed E-state index contributed by atoms with van der Waals surface area (Å²) in [5.74, 6) is 2.15. The van der Waals surface area contributed by atoms with Gasteiger partial charge in [0.2, 0.25) is 0 Å². The molecule has 0 radical (unpaired) electrons. The van der Waals surface area contributed by atoms with Gasteiger partial charge < -0.3 is 9.97 Å². The third kappa shape index (κ3) is 3.70. The highest BCUT2D eigenvalue weighted by atomic mass is 15.2. The molecular formula is C29H31N7. The Morgan fingerprint density at radius 2 is 1.25 bits per heavy atom. The highest BCUT2D eigenvalue weighted by Gasteiger charge is 2.26. The van der Waals surface area contributed by atoms with Crippen molar-refractivity contribution in [3.8, 4) is 22.4 Å². The van der Waals surface area contributed by atoms with Crippen LogP contribution in [0.1, 0.15) is 49.4 Å². The molecule has 0 saturated carbocycles. The molecule has 182 valence electrons. The molecule has 0 aliphatic carbocycles. The van der Waals surface area contributed by atoms with Crippen molar-refractivity contribution in [2.75, 3.05) is 27.2 Å². The second kappa shape index (κ2) is 8.54. The predicted molar refractivity (Wildman–Crippen MR) is 144 cm³/mol. The number of fused-ring (bicyclic) bond motifs is 2. The Labute approximate surface area is 210 Å². The number of pyridine rings is 1. The lowest BCUT2D eigenvalue weighted by Gasteiger charge is -2.16. The van der Waals surface area contributed by atoms with Crippen LogP contribution in [0, 0.1) is 0 Å². The van der Waals surface area contributed by atoms with Crippen molar-refractivity contribution < 1.29 is 0 Å². The molecule has 7 rings (SSSR count). The molecule has 2 saturated heterocycles. The first kappa shape index (κ1) is 21.7. The minimum Gasteiger partial charge on any atom is -0.341 e. The van der Waals surface area contributed by atoms with Crippen LogP contribution in [0.5, 0.6) is 0 Å². The van der Waals surface area contributed by atoms with E-state index in [-0.39, 0.29) is 0 Å². The standard InChI is InChI=1S/C29H31N7/c1-35-13-3-5-26(35)28-31-22-11-7-18(15-24(22)33-28)20-9-10-21(30-17-20)19-8-12-23-25(16-19)34-29(32-23)27-6-4-14-36(27)2/h7-12,15-17,26-27H,3-6,13-14H2,1-2H3,(H,31,33)(H,32,34). The van der Waals surface area contributed by atoms with E-state index in [2.05, 4.69) is 82.4 Å². The minimum absolute atomic E-state index is 0.389. The minimum atomic E-state index is 0.389. The summed E-state index contributed by atoms with van der Waals surface area (Å²) in [6.07, 6.45) is 6.75. The summed E-state index contributed by atoms with van der Waals surface area (Å²) in [7, 11) is 4.36. The molecule has 3 aromatic heterocycles. The van der Waals surface area contributed by atoms with Gasteiger partial charge in [-0.15, -0.1) is 0 Å².